The van der Waals surface area contributed by atoms with E-state index in [-0.39, 0.29) is 23.4 Å². The van der Waals surface area contributed by atoms with Crippen molar-refractivity contribution >= 4 is 11.7 Å². The third-order valence-electron chi connectivity index (χ3n) is 5.18. The normalized spacial score (nSPS) is 23.9. The second-order valence-corrected chi connectivity index (χ2v) is 6.71. The zero-order chi connectivity index (χ0) is 18.5. The minimum absolute atomic E-state index is 0.00917. The van der Waals surface area contributed by atoms with Crippen LogP contribution in [0, 0.1) is 5.92 Å². The van der Waals surface area contributed by atoms with Gasteiger partial charge in [0.25, 0.3) is 0 Å². The molecule has 6 heteroatoms. The summed E-state index contributed by atoms with van der Waals surface area (Å²) >= 11 is 0. The third-order valence-corrected chi connectivity index (χ3v) is 5.18. The summed E-state index contributed by atoms with van der Waals surface area (Å²) in [6.45, 7) is 0. The number of alkyl halides is 3. The molecular formula is C20H16F3NO2. The summed E-state index contributed by atoms with van der Waals surface area (Å²) in [5, 5.41) is 12.5. The lowest BCUT2D eigenvalue weighted by atomic mass is 9.76. The largest absolute Gasteiger partial charge is 0.478 e. The number of carboxylic acids is 1. The zero-order valence-electron chi connectivity index (χ0n) is 13.6. The molecule has 0 fully saturated rings. The van der Waals surface area contributed by atoms with Gasteiger partial charge in [-0.2, -0.15) is 13.2 Å². The molecule has 134 valence electrons. The molecule has 0 saturated carbocycles. The molecule has 1 aliphatic heterocycles. The van der Waals surface area contributed by atoms with E-state index in [0.29, 0.717) is 5.56 Å². The first kappa shape index (κ1) is 16.7. The van der Waals surface area contributed by atoms with Crippen LogP contribution in [0.15, 0.2) is 54.6 Å². The number of benzene rings is 2. The van der Waals surface area contributed by atoms with Gasteiger partial charge in [-0.15, -0.1) is 0 Å². The molecule has 1 aliphatic carbocycles. The molecule has 0 saturated heterocycles. The molecule has 0 radical (unpaired) electrons. The number of allylic oxidation sites excluding steroid dienone is 2. The number of fused-ring (bicyclic) bond motifs is 3. The van der Waals surface area contributed by atoms with Crippen molar-refractivity contribution in [2.24, 2.45) is 5.92 Å². The number of rotatable bonds is 2. The molecule has 26 heavy (non-hydrogen) atoms. The van der Waals surface area contributed by atoms with Gasteiger partial charge in [-0.3, -0.25) is 0 Å². The first-order valence-corrected chi connectivity index (χ1v) is 8.32. The average molecular weight is 359 g/mol. The number of carboxylic acid groups (broad SMARTS) is 1. The Morgan fingerprint density at radius 1 is 1.15 bits per heavy atom. The van der Waals surface area contributed by atoms with Crippen molar-refractivity contribution in [3.05, 3.63) is 76.9 Å². The van der Waals surface area contributed by atoms with Crippen LogP contribution in [0.4, 0.5) is 18.9 Å². The quantitative estimate of drug-likeness (QED) is 0.722. The minimum Gasteiger partial charge on any atom is -0.478 e. The lowest BCUT2D eigenvalue weighted by Gasteiger charge is -2.37. The van der Waals surface area contributed by atoms with Crippen LogP contribution >= 0.6 is 0 Å². The van der Waals surface area contributed by atoms with E-state index in [4.69, 9.17) is 0 Å². The van der Waals surface area contributed by atoms with Crippen molar-refractivity contribution < 1.29 is 23.1 Å². The molecule has 3 nitrogen and oxygen atoms in total. The fourth-order valence-electron chi connectivity index (χ4n) is 3.97. The van der Waals surface area contributed by atoms with E-state index in [2.05, 4.69) is 5.32 Å². The number of hydrogen-bond acceptors (Lipinski definition) is 2. The topological polar surface area (TPSA) is 49.3 Å². The Balaban J connectivity index is 1.76. The predicted molar refractivity (Wildman–Crippen MR) is 91.2 cm³/mol. The highest BCUT2D eigenvalue weighted by atomic mass is 19.4. The highest BCUT2D eigenvalue weighted by Gasteiger charge is 2.39. The molecule has 0 unspecified atom stereocenters. The van der Waals surface area contributed by atoms with Crippen LogP contribution in [0.1, 0.15) is 45.4 Å². The summed E-state index contributed by atoms with van der Waals surface area (Å²) in [5.41, 5.74) is 1.79. The van der Waals surface area contributed by atoms with Crippen molar-refractivity contribution in [2.45, 2.75) is 24.6 Å². The summed E-state index contributed by atoms with van der Waals surface area (Å²) in [7, 11) is 0. The predicted octanol–water partition coefficient (Wildman–Crippen LogP) is 5.23. The summed E-state index contributed by atoms with van der Waals surface area (Å²) in [4.78, 5) is 11.3. The van der Waals surface area contributed by atoms with Crippen molar-refractivity contribution in [1.82, 2.24) is 0 Å². The molecule has 4 rings (SSSR count). The summed E-state index contributed by atoms with van der Waals surface area (Å²) in [6.07, 6.45) is 0.387. The van der Waals surface area contributed by atoms with Gasteiger partial charge in [0.1, 0.15) is 0 Å². The van der Waals surface area contributed by atoms with Crippen molar-refractivity contribution in [3.63, 3.8) is 0 Å². The van der Waals surface area contributed by atoms with Crippen molar-refractivity contribution in [1.29, 1.82) is 0 Å². The van der Waals surface area contributed by atoms with E-state index < -0.39 is 17.7 Å². The fraction of sp³-hybridized carbons (Fsp3) is 0.250. The lowest BCUT2D eigenvalue weighted by Crippen LogP contribution is -2.29. The van der Waals surface area contributed by atoms with Crippen LogP contribution in [0.3, 0.4) is 0 Å². The lowest BCUT2D eigenvalue weighted by molar-refractivity contribution is -0.137. The van der Waals surface area contributed by atoms with Crippen molar-refractivity contribution in [2.75, 3.05) is 5.32 Å². The molecule has 0 aromatic heterocycles. The number of anilines is 1. The molecule has 2 aromatic rings. The Bertz CT molecular complexity index is 904. The summed E-state index contributed by atoms with van der Waals surface area (Å²) in [5.74, 6) is -0.952. The summed E-state index contributed by atoms with van der Waals surface area (Å²) in [6, 6.07) is 10.0. The van der Waals surface area contributed by atoms with E-state index in [0.717, 1.165) is 23.7 Å². The molecular weight excluding hydrogens is 343 g/mol. The number of nitrogens with one attached hydrogen (secondary N) is 1. The highest BCUT2D eigenvalue weighted by molar-refractivity contribution is 5.89. The second-order valence-electron chi connectivity index (χ2n) is 6.71. The highest BCUT2D eigenvalue weighted by Crippen LogP contribution is 2.50. The van der Waals surface area contributed by atoms with Crippen LogP contribution < -0.4 is 5.32 Å². The molecule has 0 bridgehead atoms. The Morgan fingerprint density at radius 2 is 1.96 bits per heavy atom. The van der Waals surface area contributed by atoms with Gasteiger partial charge in [-0.1, -0.05) is 24.3 Å². The molecule has 1 heterocycles. The number of aromatic carboxylic acids is 1. The van der Waals surface area contributed by atoms with E-state index in [1.165, 1.54) is 18.2 Å². The van der Waals surface area contributed by atoms with Gasteiger partial charge in [-0.05, 0) is 53.8 Å². The molecule has 2 aliphatic rings. The maximum absolute atomic E-state index is 13.1. The Kier molecular flexibility index (Phi) is 3.79. The van der Waals surface area contributed by atoms with Crippen LogP contribution in [0.5, 0.6) is 0 Å². The first-order valence-electron chi connectivity index (χ1n) is 8.32. The molecule has 0 spiro atoms. The Labute approximate surface area is 148 Å². The van der Waals surface area contributed by atoms with Crippen LogP contribution in [0.25, 0.3) is 0 Å². The molecule has 2 aromatic carbocycles. The molecule has 3 atom stereocenters. The van der Waals surface area contributed by atoms with Gasteiger partial charge in [-0.25, -0.2) is 4.79 Å². The maximum Gasteiger partial charge on any atom is 0.416 e. The monoisotopic (exact) mass is 359 g/mol. The van der Waals surface area contributed by atoms with Crippen LogP contribution in [-0.2, 0) is 6.18 Å². The smallest absolute Gasteiger partial charge is 0.416 e. The van der Waals surface area contributed by atoms with Gasteiger partial charge in [0.2, 0.25) is 0 Å². The minimum atomic E-state index is -4.38. The van der Waals surface area contributed by atoms with Gasteiger partial charge in [0.05, 0.1) is 17.2 Å². The standard InChI is InChI=1S/C20H16F3NO2/c21-20(22,23)13-4-1-3-11(9-13)18-15-6-2-5-14(15)16-10-12(19(25)26)7-8-17(16)24-18/h1-5,7-10,14-15,18,24H,6H2,(H,25,26)/t14-,15+,18+/m1/s1. The Morgan fingerprint density at radius 3 is 2.69 bits per heavy atom. The van der Waals surface area contributed by atoms with E-state index >= 15 is 0 Å². The third kappa shape index (κ3) is 2.75. The maximum atomic E-state index is 13.1. The van der Waals surface area contributed by atoms with Gasteiger partial charge in [0.15, 0.2) is 0 Å². The first-order chi connectivity index (χ1) is 12.3. The molecule has 2 N–H and O–H groups in total. The summed E-state index contributed by atoms with van der Waals surface area (Å²) < 4.78 is 39.2. The van der Waals surface area contributed by atoms with Gasteiger partial charge in [0, 0.05) is 11.6 Å². The SMILES string of the molecule is O=C(O)c1ccc2c(c1)[C@@H]1C=CC[C@@H]1[C@H](c1cccc(C(F)(F)F)c1)N2. The fourth-order valence-corrected chi connectivity index (χ4v) is 3.97. The van der Waals surface area contributed by atoms with Gasteiger partial charge < -0.3 is 10.4 Å². The van der Waals surface area contributed by atoms with E-state index in [1.54, 1.807) is 18.2 Å². The number of hydrogen-bond donors (Lipinski definition) is 2. The van der Waals surface area contributed by atoms with Crippen molar-refractivity contribution in [3.8, 4) is 0 Å². The van der Waals surface area contributed by atoms with E-state index in [9.17, 15) is 23.1 Å². The van der Waals surface area contributed by atoms with Crippen LogP contribution in [-0.4, -0.2) is 11.1 Å². The Hall–Kier alpha value is -2.76. The second kappa shape index (κ2) is 5.90. The zero-order valence-corrected chi connectivity index (χ0v) is 13.6. The van der Waals surface area contributed by atoms with Crippen LogP contribution in [0.2, 0.25) is 0 Å². The number of halogens is 3. The van der Waals surface area contributed by atoms with E-state index in [1.807, 2.05) is 12.2 Å². The number of carbonyl (C=O) groups is 1. The molecule has 0 amide bonds. The van der Waals surface area contributed by atoms with Gasteiger partial charge >= 0.3 is 12.1 Å². The average Bonchev–Trinajstić information content (AvgIpc) is 3.10.